The number of hydrogen-bond donors (Lipinski definition) is 4. The van der Waals surface area contributed by atoms with Crippen molar-refractivity contribution in [2.24, 2.45) is 5.84 Å². The summed E-state index contributed by atoms with van der Waals surface area (Å²) in [5, 5.41) is 29.1. The van der Waals surface area contributed by atoms with Gasteiger partial charge in [0.2, 0.25) is 11.3 Å². The van der Waals surface area contributed by atoms with E-state index >= 15 is 0 Å². The number of halogens is 3. The predicted octanol–water partition coefficient (Wildman–Crippen LogP) is 0.465. The topological polar surface area (TPSA) is 159 Å². The molecule has 0 spiro atoms. The van der Waals surface area contributed by atoms with Crippen LogP contribution in [0.2, 0.25) is 0 Å². The van der Waals surface area contributed by atoms with Gasteiger partial charge in [-0.3, -0.25) is 15.2 Å². The molecule has 0 radical (unpaired) electrons. The number of nitrogens with two attached hydrogens (primary N) is 1. The van der Waals surface area contributed by atoms with Gasteiger partial charge in [0, 0.05) is 0 Å². The fraction of sp³-hybridized carbons (Fsp3) is 0.182. The summed E-state index contributed by atoms with van der Waals surface area (Å²) < 4.78 is 42.3. The van der Waals surface area contributed by atoms with Crippen LogP contribution in [0.15, 0.2) is 6.33 Å². The lowest BCUT2D eigenvalue weighted by Crippen LogP contribution is -2.29. The van der Waals surface area contributed by atoms with Crippen LogP contribution in [0.4, 0.5) is 24.5 Å². The lowest BCUT2D eigenvalue weighted by Gasteiger charge is -2.18. The number of aromatic amines is 2. The Morgan fingerprint density at radius 3 is 2.62 bits per heavy atom. The summed E-state index contributed by atoms with van der Waals surface area (Å²) in [6.45, 7) is 1.53. The number of H-pyrrole nitrogens is 2. The van der Waals surface area contributed by atoms with Gasteiger partial charge in [-0.25, -0.2) is 19.7 Å². The second-order valence-corrected chi connectivity index (χ2v) is 5.27. The van der Waals surface area contributed by atoms with Gasteiger partial charge in [-0.2, -0.15) is 13.2 Å². The first-order valence-corrected chi connectivity index (χ1v) is 6.91. The number of nitrogens with one attached hydrogen (secondary N) is 2. The zero-order valence-electron chi connectivity index (χ0n) is 12.8. The van der Waals surface area contributed by atoms with E-state index in [0.29, 0.717) is 10.8 Å². The van der Waals surface area contributed by atoms with Crippen molar-refractivity contribution >= 4 is 28.6 Å². The van der Waals surface area contributed by atoms with Crippen LogP contribution >= 0.6 is 0 Å². The van der Waals surface area contributed by atoms with Crippen LogP contribution < -0.4 is 10.9 Å². The number of carboxylic acids is 1. The predicted molar refractivity (Wildman–Crippen MR) is 77.7 cm³/mol. The number of alkyl halides is 3. The number of hydrogen-bond acceptors (Lipinski definition) is 7. The first kappa shape index (κ1) is 15.9. The van der Waals surface area contributed by atoms with Crippen molar-refractivity contribution in [3.8, 4) is 0 Å². The minimum atomic E-state index is -4.81. The number of fused-ring (bicyclic) bond motifs is 2. The van der Waals surface area contributed by atoms with Crippen molar-refractivity contribution < 1.29 is 23.1 Å². The zero-order valence-corrected chi connectivity index (χ0v) is 12.8. The molecule has 0 saturated heterocycles. The molecule has 0 bridgehead atoms. The van der Waals surface area contributed by atoms with E-state index in [-0.39, 0.29) is 17.0 Å². The van der Waals surface area contributed by atoms with Crippen LogP contribution in [0.1, 0.15) is 22.0 Å². The highest BCUT2D eigenvalue weighted by Gasteiger charge is 2.41. The standard InChI is InChI=1S/C11H9F3N10O2/c1-3-17-19-9-5(4(10(25)26)20-24(3)9)23(15)6-7(11(12,13)14)21-22-2-16-18-8(6)22/h2,20-21H,15H2,1H3,(H,25,26). The van der Waals surface area contributed by atoms with Gasteiger partial charge in [-0.15, -0.1) is 20.4 Å². The lowest BCUT2D eigenvalue weighted by atomic mass is 10.3. The highest BCUT2D eigenvalue weighted by Crippen LogP contribution is 2.40. The number of hydrazine groups is 1. The Kier molecular flexibility index (Phi) is 3.02. The summed E-state index contributed by atoms with van der Waals surface area (Å²) in [6, 6.07) is 0. The summed E-state index contributed by atoms with van der Waals surface area (Å²) in [5.41, 5.74) is -2.92. The maximum atomic E-state index is 13.4. The first-order chi connectivity index (χ1) is 12.2. The third-order valence-corrected chi connectivity index (χ3v) is 3.70. The number of rotatable bonds is 3. The monoisotopic (exact) mass is 370 g/mol. The molecule has 0 fully saturated rings. The molecule has 0 unspecified atom stereocenters. The van der Waals surface area contributed by atoms with Crippen molar-refractivity contribution in [3.63, 3.8) is 0 Å². The molecule has 12 nitrogen and oxygen atoms in total. The van der Waals surface area contributed by atoms with Gasteiger partial charge in [-0.1, -0.05) is 0 Å². The highest BCUT2D eigenvalue weighted by molar-refractivity contribution is 5.99. The summed E-state index contributed by atoms with van der Waals surface area (Å²) in [7, 11) is 0. The van der Waals surface area contributed by atoms with Gasteiger partial charge in [0.15, 0.2) is 11.4 Å². The molecule has 0 aliphatic heterocycles. The molecule has 4 heterocycles. The minimum absolute atomic E-state index is 0.0608. The van der Waals surface area contributed by atoms with Crippen LogP contribution in [-0.2, 0) is 6.18 Å². The smallest absolute Gasteiger partial charge is 0.434 e. The maximum Gasteiger partial charge on any atom is 0.434 e. The normalized spacial score (nSPS) is 12.3. The average molecular weight is 370 g/mol. The molecule has 15 heteroatoms. The second kappa shape index (κ2) is 4.94. The molecule has 5 N–H and O–H groups in total. The van der Waals surface area contributed by atoms with E-state index in [1.54, 1.807) is 0 Å². The van der Waals surface area contributed by atoms with Crippen LogP contribution in [-0.4, -0.2) is 50.7 Å². The molecule has 0 aliphatic carbocycles. The lowest BCUT2D eigenvalue weighted by molar-refractivity contribution is -0.140. The fourth-order valence-electron chi connectivity index (χ4n) is 2.60. The Labute approximate surface area is 140 Å². The summed E-state index contributed by atoms with van der Waals surface area (Å²) in [5.74, 6) is 4.76. The first-order valence-electron chi connectivity index (χ1n) is 6.91. The van der Waals surface area contributed by atoms with E-state index < -0.39 is 29.2 Å². The largest absolute Gasteiger partial charge is 0.476 e. The van der Waals surface area contributed by atoms with E-state index in [1.165, 1.54) is 11.4 Å². The van der Waals surface area contributed by atoms with Gasteiger partial charge in [0.05, 0.1) is 0 Å². The van der Waals surface area contributed by atoms with E-state index in [0.717, 1.165) is 10.8 Å². The molecular formula is C11H9F3N10O2. The van der Waals surface area contributed by atoms with Gasteiger partial charge in [0.1, 0.15) is 23.5 Å². The number of aryl methyl sites for hydroxylation is 1. The Bertz CT molecular complexity index is 1150. The number of carboxylic acid groups (broad SMARTS) is 1. The Morgan fingerprint density at radius 1 is 1.23 bits per heavy atom. The van der Waals surface area contributed by atoms with E-state index in [1.807, 2.05) is 0 Å². The van der Waals surface area contributed by atoms with Gasteiger partial charge in [-0.05, 0) is 6.92 Å². The van der Waals surface area contributed by atoms with Crippen LogP contribution in [0.5, 0.6) is 0 Å². The SMILES string of the molecule is Cc1nnc2c(N(N)c3c(C(F)(F)F)[nH]n4cnnc34)c(C(=O)O)[nH]n12. The van der Waals surface area contributed by atoms with Crippen molar-refractivity contribution in [1.29, 1.82) is 0 Å². The third kappa shape index (κ3) is 2.03. The van der Waals surface area contributed by atoms with Crippen LogP contribution in [0.3, 0.4) is 0 Å². The fourth-order valence-corrected chi connectivity index (χ4v) is 2.60. The number of carbonyl (C=O) groups is 1. The Morgan fingerprint density at radius 2 is 1.96 bits per heavy atom. The molecule has 0 aromatic carbocycles. The Hall–Kier alpha value is -3.62. The summed E-state index contributed by atoms with van der Waals surface area (Å²) >= 11 is 0. The number of aromatic carboxylic acids is 1. The average Bonchev–Trinajstić information content (AvgIpc) is 3.25. The van der Waals surface area contributed by atoms with Gasteiger partial charge >= 0.3 is 12.1 Å². The van der Waals surface area contributed by atoms with Gasteiger partial charge in [0.25, 0.3) is 0 Å². The van der Waals surface area contributed by atoms with Crippen molar-refractivity contribution in [1.82, 2.24) is 39.6 Å². The maximum absolute atomic E-state index is 13.4. The number of anilines is 2. The van der Waals surface area contributed by atoms with E-state index in [4.69, 9.17) is 5.84 Å². The summed E-state index contributed by atoms with van der Waals surface area (Å²) in [4.78, 5) is 11.5. The van der Waals surface area contributed by atoms with E-state index in [2.05, 4.69) is 30.6 Å². The van der Waals surface area contributed by atoms with E-state index in [9.17, 15) is 23.1 Å². The molecule has 0 atom stereocenters. The molecular weight excluding hydrogens is 361 g/mol. The van der Waals surface area contributed by atoms with Crippen LogP contribution in [0.25, 0.3) is 11.3 Å². The summed E-state index contributed by atoms with van der Waals surface area (Å²) in [6.07, 6.45) is -3.79. The zero-order chi connectivity index (χ0) is 18.8. The van der Waals surface area contributed by atoms with Crippen LogP contribution in [0, 0.1) is 6.92 Å². The minimum Gasteiger partial charge on any atom is -0.476 e. The molecule has 4 aromatic heterocycles. The molecule has 0 amide bonds. The quantitative estimate of drug-likeness (QED) is 0.299. The molecule has 0 aliphatic rings. The molecule has 136 valence electrons. The second-order valence-electron chi connectivity index (χ2n) is 5.27. The van der Waals surface area contributed by atoms with Crippen molar-refractivity contribution in [3.05, 3.63) is 23.5 Å². The Balaban J connectivity index is 2.03. The van der Waals surface area contributed by atoms with Crippen molar-refractivity contribution in [2.75, 3.05) is 5.01 Å². The number of nitrogens with zero attached hydrogens (tertiary/aromatic N) is 7. The van der Waals surface area contributed by atoms with Crippen molar-refractivity contribution in [2.45, 2.75) is 13.1 Å². The molecule has 0 saturated carbocycles. The number of aromatic nitrogens is 8. The molecule has 4 aromatic rings. The molecule has 26 heavy (non-hydrogen) atoms. The third-order valence-electron chi connectivity index (χ3n) is 3.70. The highest BCUT2D eigenvalue weighted by atomic mass is 19.4. The van der Waals surface area contributed by atoms with Gasteiger partial charge < -0.3 is 5.11 Å². The molecule has 4 rings (SSSR count).